The SMILES string of the molecule is CCS(=O)(=O)NCCCNC(=NC)NCc1ccc2c(c1)OCO2. The van der Waals surface area contributed by atoms with Crippen LogP contribution in [0.5, 0.6) is 11.5 Å². The quantitative estimate of drug-likeness (QED) is 0.354. The maximum atomic E-state index is 11.3. The molecule has 0 radical (unpaired) electrons. The first kappa shape index (κ1) is 18.3. The smallest absolute Gasteiger partial charge is 0.231 e. The molecule has 0 saturated heterocycles. The molecule has 134 valence electrons. The number of aliphatic imine (C=N–C) groups is 1. The maximum Gasteiger partial charge on any atom is 0.231 e. The third-order valence-electron chi connectivity index (χ3n) is 3.47. The molecule has 1 aromatic carbocycles. The minimum atomic E-state index is -3.12. The van der Waals surface area contributed by atoms with E-state index in [0.29, 0.717) is 32.0 Å². The Balaban J connectivity index is 1.69. The van der Waals surface area contributed by atoms with Crippen molar-refractivity contribution >= 4 is 16.0 Å². The van der Waals surface area contributed by atoms with Gasteiger partial charge in [-0.05, 0) is 31.0 Å². The normalized spacial score (nSPS) is 13.8. The van der Waals surface area contributed by atoms with E-state index in [1.807, 2.05) is 18.2 Å². The third-order valence-corrected chi connectivity index (χ3v) is 4.87. The van der Waals surface area contributed by atoms with Crippen molar-refractivity contribution in [3.63, 3.8) is 0 Å². The Morgan fingerprint density at radius 3 is 2.75 bits per heavy atom. The van der Waals surface area contributed by atoms with E-state index in [1.165, 1.54) is 0 Å². The van der Waals surface area contributed by atoms with Crippen LogP contribution < -0.4 is 24.8 Å². The second-order valence-electron chi connectivity index (χ2n) is 5.19. The number of nitrogens with one attached hydrogen (secondary N) is 3. The molecule has 0 unspecified atom stereocenters. The van der Waals surface area contributed by atoms with Crippen LogP contribution in [0.4, 0.5) is 0 Å². The van der Waals surface area contributed by atoms with Gasteiger partial charge in [0.1, 0.15) is 0 Å². The number of hydrogen-bond acceptors (Lipinski definition) is 5. The molecule has 0 atom stereocenters. The molecule has 9 heteroatoms. The molecule has 1 aliphatic heterocycles. The summed E-state index contributed by atoms with van der Waals surface area (Å²) in [6, 6.07) is 5.78. The summed E-state index contributed by atoms with van der Waals surface area (Å²) in [5.41, 5.74) is 1.05. The zero-order valence-corrected chi connectivity index (χ0v) is 14.8. The van der Waals surface area contributed by atoms with Gasteiger partial charge < -0.3 is 20.1 Å². The zero-order chi connectivity index (χ0) is 17.4. The molecule has 24 heavy (non-hydrogen) atoms. The van der Waals surface area contributed by atoms with E-state index >= 15 is 0 Å². The second kappa shape index (κ2) is 8.74. The first-order valence-electron chi connectivity index (χ1n) is 7.84. The Kier molecular flexibility index (Phi) is 6.68. The summed E-state index contributed by atoms with van der Waals surface area (Å²) in [6.45, 7) is 3.49. The molecule has 0 fully saturated rings. The first-order chi connectivity index (χ1) is 11.5. The number of nitrogens with zero attached hydrogens (tertiary/aromatic N) is 1. The van der Waals surface area contributed by atoms with Crippen molar-refractivity contribution in [3.05, 3.63) is 23.8 Å². The number of fused-ring (bicyclic) bond motifs is 1. The summed E-state index contributed by atoms with van der Waals surface area (Å²) in [6.07, 6.45) is 0.671. The fourth-order valence-corrected chi connectivity index (χ4v) is 2.74. The number of guanidine groups is 1. The largest absolute Gasteiger partial charge is 0.454 e. The monoisotopic (exact) mass is 356 g/mol. The van der Waals surface area contributed by atoms with Crippen molar-refractivity contribution in [2.45, 2.75) is 19.9 Å². The van der Waals surface area contributed by atoms with Gasteiger partial charge >= 0.3 is 0 Å². The average molecular weight is 356 g/mol. The molecule has 0 aromatic heterocycles. The van der Waals surface area contributed by atoms with E-state index in [1.54, 1.807) is 14.0 Å². The molecule has 1 aromatic rings. The highest BCUT2D eigenvalue weighted by atomic mass is 32.2. The van der Waals surface area contributed by atoms with Crippen molar-refractivity contribution in [1.82, 2.24) is 15.4 Å². The molecule has 0 aliphatic carbocycles. The van der Waals surface area contributed by atoms with E-state index in [4.69, 9.17) is 9.47 Å². The summed E-state index contributed by atoms with van der Waals surface area (Å²) in [5.74, 6) is 2.27. The third kappa shape index (κ3) is 5.57. The molecular weight excluding hydrogens is 332 g/mol. The van der Waals surface area contributed by atoms with Crippen LogP contribution in [0, 0.1) is 0 Å². The predicted octanol–water partition coefficient (Wildman–Crippen LogP) is 0.410. The van der Waals surface area contributed by atoms with Crippen molar-refractivity contribution < 1.29 is 17.9 Å². The van der Waals surface area contributed by atoms with E-state index in [9.17, 15) is 8.42 Å². The fraction of sp³-hybridized carbons (Fsp3) is 0.533. The molecule has 2 rings (SSSR count). The predicted molar refractivity (Wildman–Crippen MR) is 92.8 cm³/mol. The first-order valence-corrected chi connectivity index (χ1v) is 9.49. The molecule has 0 amide bonds. The number of hydrogen-bond donors (Lipinski definition) is 3. The Hall–Kier alpha value is -2.00. The number of sulfonamides is 1. The van der Waals surface area contributed by atoms with Crippen molar-refractivity contribution in [1.29, 1.82) is 0 Å². The second-order valence-corrected chi connectivity index (χ2v) is 7.29. The molecule has 8 nitrogen and oxygen atoms in total. The summed E-state index contributed by atoms with van der Waals surface area (Å²) < 4.78 is 35.8. The van der Waals surface area contributed by atoms with Crippen LogP contribution in [-0.4, -0.2) is 47.1 Å². The van der Waals surface area contributed by atoms with Gasteiger partial charge in [-0.15, -0.1) is 0 Å². The van der Waals surface area contributed by atoms with Crippen LogP contribution in [0.2, 0.25) is 0 Å². The molecule has 0 spiro atoms. The van der Waals surface area contributed by atoms with Gasteiger partial charge in [0.25, 0.3) is 0 Å². The highest BCUT2D eigenvalue weighted by Gasteiger charge is 2.13. The highest BCUT2D eigenvalue weighted by molar-refractivity contribution is 7.89. The van der Waals surface area contributed by atoms with Crippen LogP contribution in [-0.2, 0) is 16.6 Å². The van der Waals surface area contributed by atoms with Crippen LogP contribution >= 0.6 is 0 Å². The molecule has 1 aliphatic rings. The van der Waals surface area contributed by atoms with Crippen LogP contribution in [0.3, 0.4) is 0 Å². The fourth-order valence-electron chi connectivity index (χ4n) is 2.08. The maximum absolute atomic E-state index is 11.3. The Morgan fingerprint density at radius 2 is 2.00 bits per heavy atom. The lowest BCUT2D eigenvalue weighted by Crippen LogP contribution is -2.38. The van der Waals surface area contributed by atoms with Gasteiger partial charge in [-0.1, -0.05) is 6.07 Å². The molecule has 3 N–H and O–H groups in total. The van der Waals surface area contributed by atoms with E-state index in [0.717, 1.165) is 17.1 Å². The van der Waals surface area contributed by atoms with Gasteiger partial charge in [0.15, 0.2) is 17.5 Å². The Morgan fingerprint density at radius 1 is 1.21 bits per heavy atom. The lowest BCUT2D eigenvalue weighted by Gasteiger charge is -2.12. The lowest BCUT2D eigenvalue weighted by molar-refractivity contribution is 0.174. The van der Waals surface area contributed by atoms with Gasteiger partial charge in [0, 0.05) is 26.7 Å². The van der Waals surface area contributed by atoms with Gasteiger partial charge in [-0.25, -0.2) is 13.1 Å². The number of rotatable bonds is 8. The topological polar surface area (TPSA) is 101 Å². The summed E-state index contributed by atoms with van der Waals surface area (Å²) >= 11 is 0. The van der Waals surface area contributed by atoms with Crippen LogP contribution in [0.1, 0.15) is 18.9 Å². The standard InChI is InChI=1S/C15H24N4O4S/c1-3-24(20,21)19-8-4-7-17-15(16-2)18-10-12-5-6-13-14(9-12)23-11-22-13/h5-6,9,19H,3-4,7-8,10-11H2,1-2H3,(H2,16,17,18). The summed E-state index contributed by atoms with van der Waals surface area (Å²) in [4.78, 5) is 4.14. The minimum absolute atomic E-state index is 0.0964. The molecular formula is C15H24N4O4S. The van der Waals surface area contributed by atoms with Gasteiger partial charge in [-0.2, -0.15) is 0 Å². The molecule has 1 heterocycles. The lowest BCUT2D eigenvalue weighted by atomic mass is 10.2. The average Bonchev–Trinajstić information content (AvgIpc) is 3.05. The molecule has 0 saturated carbocycles. The van der Waals surface area contributed by atoms with Gasteiger partial charge in [0.2, 0.25) is 16.8 Å². The Bertz CT molecular complexity index is 676. The van der Waals surface area contributed by atoms with Gasteiger partial charge in [-0.3, -0.25) is 4.99 Å². The summed E-state index contributed by atoms with van der Waals surface area (Å²) in [5, 5.41) is 6.34. The van der Waals surface area contributed by atoms with Crippen molar-refractivity contribution in [3.8, 4) is 11.5 Å². The van der Waals surface area contributed by atoms with E-state index in [-0.39, 0.29) is 12.5 Å². The Labute approximate surface area is 142 Å². The zero-order valence-electron chi connectivity index (χ0n) is 14.0. The van der Waals surface area contributed by atoms with E-state index < -0.39 is 10.0 Å². The number of ether oxygens (including phenoxy) is 2. The van der Waals surface area contributed by atoms with Crippen LogP contribution in [0.25, 0.3) is 0 Å². The van der Waals surface area contributed by atoms with E-state index in [2.05, 4.69) is 20.3 Å². The van der Waals surface area contributed by atoms with Crippen LogP contribution in [0.15, 0.2) is 23.2 Å². The highest BCUT2D eigenvalue weighted by Crippen LogP contribution is 2.32. The molecule has 0 bridgehead atoms. The van der Waals surface area contributed by atoms with Gasteiger partial charge in [0.05, 0.1) is 5.75 Å². The minimum Gasteiger partial charge on any atom is -0.454 e. The van der Waals surface area contributed by atoms with Crippen molar-refractivity contribution in [2.75, 3.05) is 32.7 Å². The van der Waals surface area contributed by atoms with Crippen molar-refractivity contribution in [2.24, 2.45) is 4.99 Å². The summed E-state index contributed by atoms with van der Waals surface area (Å²) in [7, 11) is -1.43. The number of benzene rings is 1.